The molecule has 0 saturated carbocycles. The Balaban J connectivity index is 1.20. The summed E-state index contributed by atoms with van der Waals surface area (Å²) in [5, 5.41) is 14.1. The molecule has 2 amide bonds. The molecule has 2 atom stereocenters. The number of carbonyl (C=O) groups is 2. The van der Waals surface area contributed by atoms with Crippen LogP contribution < -0.4 is 10.2 Å². The number of hydrogen-bond donors (Lipinski definition) is 1. The molecule has 1 aromatic carbocycles. The van der Waals surface area contributed by atoms with Crippen molar-refractivity contribution in [2.75, 3.05) is 31.7 Å². The number of ether oxygens (including phenoxy) is 2. The molecular weight excluding hydrogens is 485 g/mol. The van der Waals surface area contributed by atoms with Crippen molar-refractivity contribution >= 4 is 23.4 Å². The van der Waals surface area contributed by atoms with Gasteiger partial charge in [-0.15, -0.1) is 5.10 Å². The van der Waals surface area contributed by atoms with E-state index in [9.17, 15) is 9.59 Å². The van der Waals surface area contributed by atoms with Crippen molar-refractivity contribution in [1.82, 2.24) is 25.3 Å². The average Bonchev–Trinajstić information content (AvgIpc) is 3.66. The zero-order valence-corrected chi connectivity index (χ0v) is 19.9. The van der Waals surface area contributed by atoms with Crippen molar-refractivity contribution in [1.29, 1.82) is 0 Å². The lowest BCUT2D eigenvalue weighted by Crippen LogP contribution is -2.26. The van der Waals surface area contributed by atoms with Gasteiger partial charge in [0.25, 0.3) is 0 Å². The molecule has 0 aliphatic carbocycles. The first-order valence-corrected chi connectivity index (χ1v) is 11.6. The van der Waals surface area contributed by atoms with Crippen molar-refractivity contribution in [3.63, 3.8) is 0 Å². The van der Waals surface area contributed by atoms with Gasteiger partial charge in [-0.25, -0.2) is 13.9 Å². The number of benzene rings is 1. The van der Waals surface area contributed by atoms with E-state index in [1.54, 1.807) is 47.5 Å². The van der Waals surface area contributed by atoms with Crippen LogP contribution in [0.3, 0.4) is 0 Å². The van der Waals surface area contributed by atoms with Gasteiger partial charge in [0.1, 0.15) is 24.2 Å². The number of anilines is 1. The van der Waals surface area contributed by atoms with E-state index >= 15 is 4.39 Å². The third kappa shape index (κ3) is 5.56. The molecule has 2 aromatic heterocycles. The van der Waals surface area contributed by atoms with Crippen LogP contribution in [0, 0.1) is 5.82 Å². The summed E-state index contributed by atoms with van der Waals surface area (Å²) < 4.78 is 27.3. The van der Waals surface area contributed by atoms with Crippen LogP contribution >= 0.6 is 0 Å². The molecule has 1 N–H and O–H groups in total. The maximum atomic E-state index is 15.1. The van der Waals surface area contributed by atoms with Crippen LogP contribution in [0.25, 0.3) is 11.1 Å². The molecule has 1 fully saturated rings. The predicted molar refractivity (Wildman–Crippen MR) is 128 cm³/mol. The van der Waals surface area contributed by atoms with Crippen LogP contribution in [-0.4, -0.2) is 76.7 Å². The molecule has 2 aliphatic rings. The highest BCUT2D eigenvalue weighted by molar-refractivity contribution is 5.99. The molecule has 0 spiro atoms. The van der Waals surface area contributed by atoms with Gasteiger partial charge in [0.2, 0.25) is 5.91 Å². The number of likely N-dealkylation sites (N-methyl/N-ethyl adjacent to an activating group) is 1. The molecule has 1 saturated heterocycles. The van der Waals surface area contributed by atoms with Crippen molar-refractivity contribution in [3.8, 4) is 11.1 Å². The van der Waals surface area contributed by atoms with Gasteiger partial charge in [0.05, 0.1) is 37.3 Å². The third-order valence-corrected chi connectivity index (χ3v) is 5.92. The molecule has 37 heavy (non-hydrogen) atoms. The second kappa shape index (κ2) is 10.7. The summed E-state index contributed by atoms with van der Waals surface area (Å²) in [5.41, 5.74) is 2.57. The minimum Gasteiger partial charge on any atom is -0.442 e. The summed E-state index contributed by atoms with van der Waals surface area (Å²) in [7, 11) is 1.54. The molecule has 0 bridgehead atoms. The Morgan fingerprint density at radius 1 is 1.27 bits per heavy atom. The Morgan fingerprint density at radius 3 is 2.89 bits per heavy atom. The van der Waals surface area contributed by atoms with E-state index < -0.39 is 18.0 Å². The number of cyclic esters (lactones) is 1. The number of rotatable bonds is 9. The predicted octanol–water partition coefficient (Wildman–Crippen LogP) is 1.76. The van der Waals surface area contributed by atoms with Crippen LogP contribution in [0.4, 0.5) is 14.9 Å². The normalized spacial score (nSPS) is 18.9. The summed E-state index contributed by atoms with van der Waals surface area (Å²) in [4.78, 5) is 34.7. The fraction of sp³-hybridized carbons (Fsp3) is 0.333. The lowest BCUT2D eigenvalue weighted by Gasteiger charge is -2.14. The second-order valence-corrected chi connectivity index (χ2v) is 8.50. The topological polar surface area (TPSA) is 133 Å². The van der Waals surface area contributed by atoms with E-state index in [1.165, 1.54) is 18.0 Å². The fourth-order valence-corrected chi connectivity index (χ4v) is 4.02. The maximum Gasteiger partial charge on any atom is 0.414 e. The van der Waals surface area contributed by atoms with E-state index in [0.29, 0.717) is 41.2 Å². The molecule has 0 unspecified atom stereocenters. The quantitative estimate of drug-likeness (QED) is 0.461. The molecular formula is C24H24FN7O5. The SMILES string of the molecule is CNC(=O)COC[C@@H]1CC(c2ccc(-c3ccc(N4C[C@H](Cn5ccnn5)OC4=O)cc3F)cn2)=NO1. The zero-order chi connectivity index (χ0) is 25.8. The standard InChI is InChI=1S/C24H24FN7O5/c1-26-23(33)14-35-13-17-9-22(29-37-17)21-5-2-15(10-27-21)19-4-3-16(8-20(19)25)32-12-18(36-24(32)34)11-31-7-6-28-30-31/h2-8,10,17-18H,9,11-14H2,1H3,(H,26,33)/t17-,18-/m0/s1. The summed E-state index contributed by atoms with van der Waals surface area (Å²) >= 11 is 0. The largest absolute Gasteiger partial charge is 0.442 e. The van der Waals surface area contributed by atoms with E-state index in [1.807, 2.05) is 0 Å². The number of hydrogen-bond acceptors (Lipinski definition) is 9. The number of amides is 2. The van der Waals surface area contributed by atoms with Gasteiger partial charge in [-0.1, -0.05) is 16.4 Å². The van der Waals surface area contributed by atoms with Gasteiger partial charge in [-0.2, -0.15) is 0 Å². The van der Waals surface area contributed by atoms with Crippen molar-refractivity contribution in [2.24, 2.45) is 5.16 Å². The zero-order valence-electron chi connectivity index (χ0n) is 19.9. The minimum atomic E-state index is -0.542. The van der Waals surface area contributed by atoms with Gasteiger partial charge in [0, 0.05) is 37.0 Å². The van der Waals surface area contributed by atoms with Gasteiger partial charge in [-0.05, 0) is 24.3 Å². The van der Waals surface area contributed by atoms with E-state index in [2.05, 4.69) is 25.8 Å². The summed E-state index contributed by atoms with van der Waals surface area (Å²) in [6.07, 6.45) is 4.00. The molecule has 192 valence electrons. The first-order chi connectivity index (χ1) is 18.0. The van der Waals surface area contributed by atoms with E-state index in [4.69, 9.17) is 14.3 Å². The Morgan fingerprint density at radius 2 is 2.16 bits per heavy atom. The summed E-state index contributed by atoms with van der Waals surface area (Å²) in [5.74, 6) is -0.709. The van der Waals surface area contributed by atoms with Crippen LogP contribution in [0.1, 0.15) is 12.1 Å². The van der Waals surface area contributed by atoms with Gasteiger partial charge < -0.3 is 19.6 Å². The molecule has 0 radical (unpaired) electrons. The lowest BCUT2D eigenvalue weighted by atomic mass is 10.0. The number of nitrogens with zero attached hydrogens (tertiary/aromatic N) is 6. The Labute approximate surface area is 211 Å². The average molecular weight is 509 g/mol. The van der Waals surface area contributed by atoms with Crippen LogP contribution in [0.15, 0.2) is 54.1 Å². The summed E-state index contributed by atoms with van der Waals surface area (Å²) in [6.45, 7) is 0.810. The highest BCUT2D eigenvalue weighted by atomic mass is 19.1. The first-order valence-electron chi connectivity index (χ1n) is 11.6. The molecule has 13 heteroatoms. The van der Waals surface area contributed by atoms with Crippen molar-refractivity contribution < 1.29 is 28.3 Å². The van der Waals surface area contributed by atoms with Crippen LogP contribution in [0.2, 0.25) is 0 Å². The summed E-state index contributed by atoms with van der Waals surface area (Å²) in [6, 6.07) is 8.07. The second-order valence-electron chi connectivity index (χ2n) is 8.50. The maximum absolute atomic E-state index is 15.1. The number of oxime groups is 1. The molecule has 3 aromatic rings. The van der Waals surface area contributed by atoms with Gasteiger partial charge in [0.15, 0.2) is 6.10 Å². The Kier molecular flexibility index (Phi) is 7.03. The Hall–Kier alpha value is -4.39. The fourth-order valence-electron chi connectivity index (χ4n) is 4.02. The first kappa shape index (κ1) is 24.3. The van der Waals surface area contributed by atoms with Crippen molar-refractivity contribution in [2.45, 2.75) is 25.2 Å². The number of pyridine rings is 1. The molecule has 4 heterocycles. The smallest absolute Gasteiger partial charge is 0.414 e. The van der Waals surface area contributed by atoms with Gasteiger partial charge >= 0.3 is 6.09 Å². The number of nitrogens with one attached hydrogen (secondary N) is 1. The molecule has 12 nitrogen and oxygen atoms in total. The highest BCUT2D eigenvalue weighted by Crippen LogP contribution is 2.29. The van der Waals surface area contributed by atoms with E-state index in [-0.39, 0.29) is 31.8 Å². The number of aromatic nitrogens is 4. The third-order valence-electron chi connectivity index (χ3n) is 5.92. The van der Waals surface area contributed by atoms with Gasteiger partial charge in [-0.3, -0.25) is 14.7 Å². The minimum absolute atomic E-state index is 0.0501. The molecule has 2 aliphatic heterocycles. The number of halogens is 1. The van der Waals surface area contributed by atoms with Crippen LogP contribution in [-0.2, 0) is 25.7 Å². The lowest BCUT2D eigenvalue weighted by molar-refractivity contribution is -0.126. The highest BCUT2D eigenvalue weighted by Gasteiger charge is 2.33. The van der Waals surface area contributed by atoms with E-state index in [0.717, 1.165) is 0 Å². The number of carbonyl (C=O) groups excluding carboxylic acids is 2. The molecule has 5 rings (SSSR count). The monoisotopic (exact) mass is 509 g/mol. The van der Waals surface area contributed by atoms with Crippen LogP contribution in [0.5, 0.6) is 0 Å². The Bertz CT molecular complexity index is 1300. The van der Waals surface area contributed by atoms with Crippen molar-refractivity contribution in [3.05, 3.63) is 60.4 Å².